The molecule has 1 aromatic rings. The number of amides is 1. The van der Waals surface area contributed by atoms with Crippen LogP contribution in [0.3, 0.4) is 0 Å². The maximum atomic E-state index is 12.1. The third-order valence-corrected chi connectivity index (χ3v) is 6.30. The second-order valence-electron chi connectivity index (χ2n) is 5.59. The van der Waals surface area contributed by atoms with Crippen molar-refractivity contribution in [3.05, 3.63) is 24.3 Å². The Kier molecular flexibility index (Phi) is 4.78. The molecule has 1 atom stereocenters. The first kappa shape index (κ1) is 17.5. The van der Waals surface area contributed by atoms with Crippen LogP contribution in [-0.4, -0.2) is 25.2 Å². The number of halogens is 2. The summed E-state index contributed by atoms with van der Waals surface area (Å²) >= 11 is 11.9. The number of sulfonamides is 1. The number of hydrogen-bond donors (Lipinski definition) is 2. The van der Waals surface area contributed by atoms with Crippen LogP contribution in [0.1, 0.15) is 26.7 Å². The molecule has 122 valence electrons. The second-order valence-corrected chi connectivity index (χ2v) is 8.84. The summed E-state index contributed by atoms with van der Waals surface area (Å²) in [5, 5.41) is 2.70. The molecule has 0 aliphatic heterocycles. The average molecular weight is 365 g/mol. The van der Waals surface area contributed by atoms with Crippen molar-refractivity contribution in [2.24, 2.45) is 5.41 Å². The van der Waals surface area contributed by atoms with Crippen molar-refractivity contribution in [3.63, 3.8) is 0 Å². The quantitative estimate of drug-likeness (QED) is 0.762. The van der Waals surface area contributed by atoms with Gasteiger partial charge in [-0.15, -0.1) is 23.2 Å². The average Bonchev–Trinajstić information content (AvgIpc) is 2.97. The molecule has 0 spiro atoms. The molecule has 1 unspecified atom stereocenters. The van der Waals surface area contributed by atoms with Gasteiger partial charge in [-0.3, -0.25) is 4.79 Å². The van der Waals surface area contributed by atoms with Gasteiger partial charge in [-0.25, -0.2) is 13.1 Å². The second kappa shape index (κ2) is 6.00. The van der Waals surface area contributed by atoms with E-state index in [1.165, 1.54) is 24.3 Å². The van der Waals surface area contributed by atoms with Crippen LogP contribution in [0.4, 0.5) is 5.69 Å². The molecule has 1 amide bonds. The number of rotatable bonds is 6. The van der Waals surface area contributed by atoms with Crippen LogP contribution in [0.15, 0.2) is 29.2 Å². The third-order valence-electron chi connectivity index (χ3n) is 3.72. The summed E-state index contributed by atoms with van der Waals surface area (Å²) in [7, 11) is -3.51. The summed E-state index contributed by atoms with van der Waals surface area (Å²) in [6, 6.07) is 5.96. The van der Waals surface area contributed by atoms with Gasteiger partial charge in [0.15, 0.2) is 0 Å². The lowest BCUT2D eigenvalue weighted by molar-refractivity contribution is -0.120. The van der Waals surface area contributed by atoms with Gasteiger partial charge in [0.1, 0.15) is 4.33 Å². The van der Waals surface area contributed by atoms with Crippen molar-refractivity contribution in [1.82, 2.24) is 4.72 Å². The van der Waals surface area contributed by atoms with Crippen LogP contribution >= 0.6 is 23.2 Å². The molecular weight excluding hydrogens is 347 g/mol. The molecular formula is C14H18Cl2N2O3S. The van der Waals surface area contributed by atoms with Gasteiger partial charge in [0.2, 0.25) is 15.9 Å². The van der Waals surface area contributed by atoms with Gasteiger partial charge in [0, 0.05) is 12.2 Å². The minimum absolute atomic E-state index is 0.153. The highest BCUT2D eigenvalue weighted by atomic mass is 35.5. The van der Waals surface area contributed by atoms with Crippen LogP contribution in [-0.2, 0) is 14.8 Å². The largest absolute Gasteiger partial charge is 0.326 e. The van der Waals surface area contributed by atoms with E-state index < -0.39 is 19.8 Å². The van der Waals surface area contributed by atoms with E-state index in [4.69, 9.17) is 23.2 Å². The minimum Gasteiger partial charge on any atom is -0.326 e. The monoisotopic (exact) mass is 364 g/mol. The van der Waals surface area contributed by atoms with Crippen LogP contribution < -0.4 is 10.0 Å². The van der Waals surface area contributed by atoms with Gasteiger partial charge < -0.3 is 5.32 Å². The van der Waals surface area contributed by atoms with E-state index in [9.17, 15) is 13.2 Å². The van der Waals surface area contributed by atoms with E-state index in [2.05, 4.69) is 10.0 Å². The van der Waals surface area contributed by atoms with E-state index in [0.29, 0.717) is 25.1 Å². The predicted molar refractivity (Wildman–Crippen MR) is 87.7 cm³/mol. The Morgan fingerprint density at radius 2 is 1.82 bits per heavy atom. The van der Waals surface area contributed by atoms with Crippen molar-refractivity contribution < 1.29 is 13.2 Å². The van der Waals surface area contributed by atoms with E-state index in [-0.39, 0.29) is 10.8 Å². The lowest BCUT2D eigenvalue weighted by Gasteiger charge is -2.13. The van der Waals surface area contributed by atoms with Crippen molar-refractivity contribution in [1.29, 1.82) is 0 Å². The minimum atomic E-state index is -3.51. The van der Waals surface area contributed by atoms with Gasteiger partial charge in [-0.1, -0.05) is 6.92 Å². The van der Waals surface area contributed by atoms with Gasteiger partial charge in [-0.05, 0) is 44.0 Å². The summed E-state index contributed by atoms with van der Waals surface area (Å²) in [6.07, 6.45) is 1.10. The zero-order valence-electron chi connectivity index (χ0n) is 12.3. The Morgan fingerprint density at radius 3 is 2.27 bits per heavy atom. The molecule has 1 aromatic carbocycles. The van der Waals surface area contributed by atoms with E-state index in [1.54, 1.807) is 6.92 Å². The summed E-state index contributed by atoms with van der Waals surface area (Å²) < 4.78 is 25.3. The molecule has 0 radical (unpaired) electrons. The Morgan fingerprint density at radius 1 is 1.27 bits per heavy atom. The Labute approximate surface area is 140 Å². The first-order valence-electron chi connectivity index (χ1n) is 6.91. The molecule has 2 N–H and O–H groups in total. The molecule has 2 rings (SSSR count). The van der Waals surface area contributed by atoms with Crippen LogP contribution in [0, 0.1) is 5.41 Å². The van der Waals surface area contributed by atoms with Crippen LogP contribution in [0.5, 0.6) is 0 Å². The fourth-order valence-electron chi connectivity index (χ4n) is 1.95. The summed E-state index contributed by atoms with van der Waals surface area (Å²) in [6.45, 7) is 3.95. The highest BCUT2D eigenvalue weighted by Crippen LogP contribution is 2.64. The lowest BCUT2D eigenvalue weighted by atomic mass is 10.1. The summed E-state index contributed by atoms with van der Waals surface area (Å²) in [5.41, 5.74) is -0.319. The number of anilines is 1. The fraction of sp³-hybridized carbons (Fsp3) is 0.500. The van der Waals surface area contributed by atoms with Crippen molar-refractivity contribution in [2.45, 2.75) is 35.9 Å². The first-order valence-corrected chi connectivity index (χ1v) is 9.15. The smallest absolute Gasteiger partial charge is 0.240 e. The Bertz CT molecular complexity index is 674. The molecule has 1 aliphatic rings. The zero-order chi connectivity index (χ0) is 16.6. The van der Waals surface area contributed by atoms with Crippen molar-refractivity contribution in [2.75, 3.05) is 11.9 Å². The standard InChI is InChI=1S/C14H18Cl2N2O3S/c1-3-8-17-22(20,21)11-6-4-10(5-7-11)18-12(19)13(2)9-14(13,15)16/h4-7,17H,3,8-9H2,1-2H3,(H,18,19). The number of nitrogens with one attached hydrogen (secondary N) is 2. The van der Waals surface area contributed by atoms with E-state index in [0.717, 1.165) is 0 Å². The molecule has 0 bridgehead atoms. The predicted octanol–water partition coefficient (Wildman–Crippen LogP) is 2.90. The number of carbonyl (C=O) groups excluding carboxylic acids is 1. The molecule has 1 saturated carbocycles. The topological polar surface area (TPSA) is 75.3 Å². The maximum Gasteiger partial charge on any atom is 0.240 e. The van der Waals surface area contributed by atoms with Crippen molar-refractivity contribution in [3.8, 4) is 0 Å². The highest BCUT2D eigenvalue weighted by Gasteiger charge is 2.67. The van der Waals surface area contributed by atoms with Crippen LogP contribution in [0.2, 0.25) is 0 Å². The van der Waals surface area contributed by atoms with Crippen LogP contribution in [0.25, 0.3) is 0 Å². The maximum absolute atomic E-state index is 12.1. The molecule has 8 heteroatoms. The fourth-order valence-corrected chi connectivity index (χ4v) is 3.79. The highest BCUT2D eigenvalue weighted by molar-refractivity contribution is 7.89. The molecule has 0 saturated heterocycles. The van der Waals surface area contributed by atoms with Gasteiger partial charge in [0.05, 0.1) is 10.3 Å². The molecule has 0 heterocycles. The van der Waals surface area contributed by atoms with Gasteiger partial charge in [-0.2, -0.15) is 0 Å². The normalized spacial score (nSPS) is 23.1. The van der Waals surface area contributed by atoms with Gasteiger partial charge in [0.25, 0.3) is 0 Å². The molecule has 0 aromatic heterocycles. The molecule has 22 heavy (non-hydrogen) atoms. The molecule has 1 fully saturated rings. The number of alkyl halides is 2. The number of hydrogen-bond acceptors (Lipinski definition) is 3. The van der Waals surface area contributed by atoms with E-state index >= 15 is 0 Å². The van der Waals surface area contributed by atoms with Gasteiger partial charge >= 0.3 is 0 Å². The zero-order valence-corrected chi connectivity index (χ0v) is 14.6. The first-order chi connectivity index (χ1) is 10.1. The molecule has 1 aliphatic carbocycles. The summed E-state index contributed by atoms with van der Waals surface area (Å²) in [4.78, 5) is 12.3. The number of carbonyl (C=O) groups is 1. The third kappa shape index (κ3) is 3.40. The SMILES string of the molecule is CCCNS(=O)(=O)c1ccc(NC(=O)C2(C)CC2(Cl)Cl)cc1. The van der Waals surface area contributed by atoms with Crippen molar-refractivity contribution >= 4 is 44.8 Å². The van der Waals surface area contributed by atoms with E-state index in [1.807, 2.05) is 6.92 Å². The molecule has 5 nitrogen and oxygen atoms in total. The summed E-state index contributed by atoms with van der Waals surface area (Å²) in [5.74, 6) is -0.280. The Hall–Kier alpha value is -0.820. The lowest BCUT2D eigenvalue weighted by Crippen LogP contribution is -2.26. The number of benzene rings is 1. The Balaban J connectivity index is 2.06.